The van der Waals surface area contributed by atoms with Crippen LogP contribution in [0.4, 0.5) is 0 Å². The molecule has 18 heavy (non-hydrogen) atoms. The van der Waals surface area contributed by atoms with Crippen LogP contribution in [0.25, 0.3) is 0 Å². The summed E-state index contributed by atoms with van der Waals surface area (Å²) in [5.74, 6) is 0.741. The van der Waals surface area contributed by atoms with Gasteiger partial charge in [0.2, 0.25) is 0 Å². The van der Waals surface area contributed by atoms with E-state index in [1.807, 2.05) is 5.38 Å². The second-order valence-electron chi connectivity index (χ2n) is 5.12. The van der Waals surface area contributed by atoms with Gasteiger partial charge in [0.25, 0.3) is 5.91 Å². The molecule has 5 heteroatoms. The monoisotopic (exact) mass is 268 g/mol. The molecule has 1 aliphatic heterocycles. The molecule has 1 fully saturated rings. The van der Waals surface area contributed by atoms with Gasteiger partial charge in [0.15, 0.2) is 0 Å². The Kier molecular flexibility index (Phi) is 4.24. The number of amides is 1. The number of ether oxygens (including phenoxy) is 1. The first-order chi connectivity index (χ1) is 8.63. The number of hydrogen-bond acceptors (Lipinski definition) is 4. The fraction of sp³-hybridized carbons (Fsp3) is 0.615. The summed E-state index contributed by atoms with van der Waals surface area (Å²) < 4.78 is 5.08. The molecule has 0 radical (unpaired) electrons. The van der Waals surface area contributed by atoms with E-state index in [4.69, 9.17) is 4.74 Å². The SMILES string of the molecule is COc1csc(C(=O)NCC2(C)CCCNC2)c1. The van der Waals surface area contributed by atoms with E-state index in [2.05, 4.69) is 17.6 Å². The van der Waals surface area contributed by atoms with Crippen LogP contribution in [-0.4, -0.2) is 32.7 Å². The van der Waals surface area contributed by atoms with E-state index in [1.165, 1.54) is 17.8 Å². The number of nitrogens with one attached hydrogen (secondary N) is 2. The average Bonchev–Trinajstić information content (AvgIpc) is 2.86. The molecule has 2 rings (SSSR count). The van der Waals surface area contributed by atoms with E-state index in [0.717, 1.165) is 31.8 Å². The zero-order valence-electron chi connectivity index (χ0n) is 10.9. The van der Waals surface area contributed by atoms with E-state index >= 15 is 0 Å². The predicted molar refractivity (Wildman–Crippen MR) is 73.4 cm³/mol. The van der Waals surface area contributed by atoms with Gasteiger partial charge in [-0.25, -0.2) is 0 Å². The van der Waals surface area contributed by atoms with Gasteiger partial charge >= 0.3 is 0 Å². The number of rotatable bonds is 4. The van der Waals surface area contributed by atoms with Crippen molar-refractivity contribution in [3.63, 3.8) is 0 Å². The second-order valence-corrected chi connectivity index (χ2v) is 6.04. The summed E-state index contributed by atoms with van der Waals surface area (Å²) in [6.07, 6.45) is 2.34. The maximum Gasteiger partial charge on any atom is 0.261 e. The maximum absolute atomic E-state index is 12.0. The first-order valence-corrected chi connectivity index (χ1v) is 7.12. The predicted octanol–water partition coefficient (Wildman–Crippen LogP) is 1.88. The van der Waals surface area contributed by atoms with Crippen molar-refractivity contribution in [2.24, 2.45) is 5.41 Å². The van der Waals surface area contributed by atoms with Gasteiger partial charge in [-0.05, 0) is 24.8 Å². The zero-order valence-corrected chi connectivity index (χ0v) is 11.7. The topological polar surface area (TPSA) is 50.4 Å². The van der Waals surface area contributed by atoms with Crippen molar-refractivity contribution < 1.29 is 9.53 Å². The molecule has 1 aliphatic rings. The van der Waals surface area contributed by atoms with E-state index < -0.39 is 0 Å². The van der Waals surface area contributed by atoms with Crippen LogP contribution in [0.3, 0.4) is 0 Å². The number of methoxy groups -OCH3 is 1. The van der Waals surface area contributed by atoms with Crippen molar-refractivity contribution in [3.8, 4) is 5.75 Å². The van der Waals surface area contributed by atoms with Gasteiger partial charge in [0.05, 0.1) is 12.0 Å². The van der Waals surface area contributed by atoms with Crippen molar-refractivity contribution in [3.05, 3.63) is 16.3 Å². The molecule has 0 spiro atoms. The molecule has 2 heterocycles. The minimum Gasteiger partial charge on any atom is -0.496 e. The highest BCUT2D eigenvalue weighted by Crippen LogP contribution is 2.25. The Balaban J connectivity index is 1.87. The number of carbonyl (C=O) groups excluding carboxylic acids is 1. The third-order valence-electron chi connectivity index (χ3n) is 3.40. The Morgan fingerprint density at radius 1 is 1.67 bits per heavy atom. The number of carbonyl (C=O) groups is 1. The summed E-state index contributed by atoms with van der Waals surface area (Å²) in [4.78, 5) is 12.7. The third kappa shape index (κ3) is 3.23. The van der Waals surface area contributed by atoms with Crippen molar-refractivity contribution >= 4 is 17.2 Å². The van der Waals surface area contributed by atoms with Crippen molar-refractivity contribution in [1.29, 1.82) is 0 Å². The van der Waals surface area contributed by atoms with Crippen LogP contribution in [0.15, 0.2) is 11.4 Å². The van der Waals surface area contributed by atoms with Crippen LogP contribution >= 0.6 is 11.3 Å². The summed E-state index contributed by atoms with van der Waals surface area (Å²) >= 11 is 1.42. The quantitative estimate of drug-likeness (QED) is 0.876. The maximum atomic E-state index is 12.0. The molecule has 1 aromatic rings. The van der Waals surface area contributed by atoms with Crippen molar-refractivity contribution in [1.82, 2.24) is 10.6 Å². The van der Waals surface area contributed by atoms with Crippen molar-refractivity contribution in [2.75, 3.05) is 26.7 Å². The number of thiophene rings is 1. The van der Waals surface area contributed by atoms with E-state index in [1.54, 1.807) is 13.2 Å². The van der Waals surface area contributed by atoms with Gasteiger partial charge < -0.3 is 15.4 Å². The minimum atomic E-state index is -0.00454. The lowest BCUT2D eigenvalue weighted by Crippen LogP contribution is -2.45. The summed E-state index contributed by atoms with van der Waals surface area (Å²) in [5.41, 5.74) is 0.176. The van der Waals surface area contributed by atoms with Crippen LogP contribution in [0, 0.1) is 5.41 Å². The van der Waals surface area contributed by atoms with Gasteiger partial charge in [0, 0.05) is 24.5 Å². The van der Waals surface area contributed by atoms with E-state index in [-0.39, 0.29) is 11.3 Å². The smallest absolute Gasteiger partial charge is 0.261 e. The summed E-state index contributed by atoms with van der Waals surface area (Å²) in [6, 6.07) is 1.78. The molecule has 0 saturated carbocycles. The fourth-order valence-electron chi connectivity index (χ4n) is 2.20. The molecule has 0 aromatic carbocycles. The molecule has 1 aromatic heterocycles. The van der Waals surface area contributed by atoms with Gasteiger partial charge in [-0.2, -0.15) is 0 Å². The highest BCUT2D eigenvalue weighted by molar-refractivity contribution is 7.12. The largest absolute Gasteiger partial charge is 0.496 e. The number of hydrogen-bond donors (Lipinski definition) is 2. The normalized spacial score (nSPS) is 23.7. The number of piperidine rings is 1. The van der Waals surface area contributed by atoms with Gasteiger partial charge in [0.1, 0.15) is 5.75 Å². The van der Waals surface area contributed by atoms with Gasteiger partial charge in [-0.1, -0.05) is 6.92 Å². The first kappa shape index (κ1) is 13.4. The third-order valence-corrected chi connectivity index (χ3v) is 4.30. The molecule has 1 saturated heterocycles. The molecule has 2 N–H and O–H groups in total. The Morgan fingerprint density at radius 2 is 2.50 bits per heavy atom. The molecule has 100 valence electrons. The second kappa shape index (κ2) is 5.71. The zero-order chi connectivity index (χ0) is 13.0. The first-order valence-electron chi connectivity index (χ1n) is 6.24. The van der Waals surface area contributed by atoms with E-state index in [0.29, 0.717) is 4.88 Å². The van der Waals surface area contributed by atoms with Crippen LogP contribution in [0.2, 0.25) is 0 Å². The Labute approximate surface area is 112 Å². The van der Waals surface area contributed by atoms with Gasteiger partial charge in [-0.3, -0.25) is 4.79 Å². The van der Waals surface area contributed by atoms with Crippen LogP contribution in [0.1, 0.15) is 29.4 Å². The molecule has 1 atom stereocenters. The Bertz CT molecular complexity index is 411. The van der Waals surface area contributed by atoms with Crippen molar-refractivity contribution in [2.45, 2.75) is 19.8 Å². The molecular weight excluding hydrogens is 248 g/mol. The van der Waals surface area contributed by atoms with Gasteiger partial charge in [-0.15, -0.1) is 11.3 Å². The molecule has 1 unspecified atom stereocenters. The van der Waals surface area contributed by atoms with Crippen LogP contribution in [-0.2, 0) is 0 Å². The molecular formula is C13H20N2O2S. The lowest BCUT2D eigenvalue weighted by atomic mass is 9.83. The molecule has 4 nitrogen and oxygen atoms in total. The summed E-state index contributed by atoms with van der Waals surface area (Å²) in [6.45, 7) is 5.00. The Morgan fingerprint density at radius 3 is 3.11 bits per heavy atom. The summed E-state index contributed by atoms with van der Waals surface area (Å²) in [7, 11) is 1.61. The minimum absolute atomic E-state index is 0.00454. The highest BCUT2D eigenvalue weighted by Gasteiger charge is 2.27. The molecule has 0 aliphatic carbocycles. The lowest BCUT2D eigenvalue weighted by molar-refractivity contribution is 0.0928. The Hall–Kier alpha value is -1.07. The van der Waals surface area contributed by atoms with E-state index in [9.17, 15) is 4.79 Å². The van der Waals surface area contributed by atoms with Crippen LogP contribution in [0.5, 0.6) is 5.75 Å². The average molecular weight is 268 g/mol. The fourth-order valence-corrected chi connectivity index (χ4v) is 2.97. The molecule has 0 bridgehead atoms. The standard InChI is InChI=1S/C13H20N2O2S/c1-13(4-3-5-14-8-13)9-15-12(16)11-6-10(17-2)7-18-11/h6-7,14H,3-5,8-9H2,1-2H3,(H,15,16). The lowest BCUT2D eigenvalue weighted by Gasteiger charge is -2.34. The molecule has 1 amide bonds. The van der Waals surface area contributed by atoms with Crippen LogP contribution < -0.4 is 15.4 Å². The summed E-state index contributed by atoms with van der Waals surface area (Å²) in [5, 5.41) is 8.25. The highest BCUT2D eigenvalue weighted by atomic mass is 32.1.